The monoisotopic (exact) mass is 337 g/mol. The van der Waals surface area contributed by atoms with Crippen molar-refractivity contribution in [2.45, 2.75) is 40.2 Å². The van der Waals surface area contributed by atoms with Gasteiger partial charge < -0.3 is 4.57 Å². The van der Waals surface area contributed by atoms with E-state index in [9.17, 15) is 10.1 Å². The molecule has 3 rings (SSSR count). The van der Waals surface area contributed by atoms with Crippen LogP contribution in [0.4, 0.5) is 0 Å². The van der Waals surface area contributed by atoms with Crippen molar-refractivity contribution in [2.75, 3.05) is 0 Å². The molecule has 0 aliphatic rings. The number of fused-ring (bicyclic) bond motifs is 1. The van der Waals surface area contributed by atoms with Crippen LogP contribution < -0.4 is 0 Å². The maximum Gasteiger partial charge on any atom is 0.171 e. The molecule has 0 fully saturated rings. The summed E-state index contributed by atoms with van der Waals surface area (Å²) in [5.41, 5.74) is 3.51. The van der Waals surface area contributed by atoms with Crippen molar-refractivity contribution >= 4 is 28.0 Å². The molecule has 0 saturated carbocycles. The van der Waals surface area contributed by atoms with Crippen LogP contribution in [0.3, 0.4) is 0 Å². The summed E-state index contributed by atoms with van der Waals surface area (Å²) in [5.74, 6) is 0.0559. The van der Waals surface area contributed by atoms with Crippen molar-refractivity contribution < 1.29 is 4.79 Å². The topological polar surface area (TPSA) is 58.7 Å². The Morgan fingerprint density at radius 3 is 2.71 bits per heavy atom. The molecular formula is C19H19N3OS. The zero-order valence-electron chi connectivity index (χ0n) is 14.3. The van der Waals surface area contributed by atoms with Crippen LogP contribution in [0.15, 0.2) is 24.4 Å². The first-order valence-corrected chi connectivity index (χ1v) is 8.83. The van der Waals surface area contributed by atoms with Crippen LogP contribution in [0, 0.1) is 11.3 Å². The smallest absolute Gasteiger partial charge is 0.171 e. The number of benzene rings is 1. The van der Waals surface area contributed by atoms with E-state index in [2.05, 4.69) is 29.5 Å². The maximum absolute atomic E-state index is 11.8. The molecule has 0 spiro atoms. The second-order valence-corrected chi connectivity index (χ2v) is 7.09. The first-order valence-electron chi connectivity index (χ1n) is 8.02. The molecule has 0 amide bonds. The Labute approximate surface area is 145 Å². The molecule has 0 aliphatic carbocycles. The molecular weight excluding hydrogens is 318 g/mol. The van der Waals surface area contributed by atoms with Crippen molar-refractivity contribution in [2.24, 2.45) is 0 Å². The van der Waals surface area contributed by atoms with Crippen LogP contribution in [0.1, 0.15) is 54.7 Å². The largest absolute Gasteiger partial charge is 0.344 e. The molecule has 4 nitrogen and oxygen atoms in total. The average molecular weight is 337 g/mol. The zero-order chi connectivity index (χ0) is 17.4. The van der Waals surface area contributed by atoms with E-state index in [4.69, 9.17) is 0 Å². The van der Waals surface area contributed by atoms with Gasteiger partial charge >= 0.3 is 0 Å². The van der Waals surface area contributed by atoms with E-state index in [1.54, 1.807) is 6.92 Å². The maximum atomic E-state index is 11.8. The number of hydrogen-bond acceptors (Lipinski definition) is 4. The Kier molecular flexibility index (Phi) is 4.25. The highest BCUT2D eigenvalue weighted by molar-refractivity contribution is 7.17. The van der Waals surface area contributed by atoms with Gasteiger partial charge in [0, 0.05) is 35.6 Å². The summed E-state index contributed by atoms with van der Waals surface area (Å²) < 4.78 is 2.11. The third-order valence-electron chi connectivity index (χ3n) is 4.11. The molecule has 5 heteroatoms. The summed E-state index contributed by atoms with van der Waals surface area (Å²) >= 11 is 1.43. The second kappa shape index (κ2) is 6.21. The Bertz CT molecular complexity index is 973. The van der Waals surface area contributed by atoms with E-state index in [1.165, 1.54) is 11.3 Å². The van der Waals surface area contributed by atoms with Crippen molar-refractivity contribution in [3.63, 3.8) is 0 Å². The summed E-state index contributed by atoms with van der Waals surface area (Å²) in [6.07, 6.45) is 2.64. The number of carbonyl (C=O) groups excluding carboxylic acids is 1. The van der Waals surface area contributed by atoms with Gasteiger partial charge in [0.05, 0.1) is 16.1 Å². The molecule has 2 heterocycles. The van der Waals surface area contributed by atoms with Crippen LogP contribution in [-0.2, 0) is 6.42 Å². The normalized spacial score (nSPS) is 11.2. The van der Waals surface area contributed by atoms with Gasteiger partial charge in [-0.1, -0.05) is 6.92 Å². The van der Waals surface area contributed by atoms with E-state index in [0.717, 1.165) is 38.5 Å². The summed E-state index contributed by atoms with van der Waals surface area (Å²) in [5, 5.41) is 11.2. The minimum Gasteiger partial charge on any atom is -0.344 e. The van der Waals surface area contributed by atoms with Gasteiger partial charge in [-0.25, -0.2) is 4.98 Å². The number of nitriles is 1. The van der Waals surface area contributed by atoms with Crippen molar-refractivity contribution in [3.05, 3.63) is 40.5 Å². The number of aromatic nitrogens is 2. The Morgan fingerprint density at radius 1 is 1.42 bits per heavy atom. The third kappa shape index (κ3) is 2.63. The lowest BCUT2D eigenvalue weighted by molar-refractivity contribution is 0.102. The highest BCUT2D eigenvalue weighted by Crippen LogP contribution is 2.33. The number of ketones is 1. The molecule has 0 bridgehead atoms. The molecule has 0 saturated heterocycles. The second-order valence-electron chi connectivity index (χ2n) is 6.09. The number of thiazole rings is 1. The average Bonchev–Trinajstić information content (AvgIpc) is 3.15. The van der Waals surface area contributed by atoms with E-state index in [-0.39, 0.29) is 11.8 Å². The van der Waals surface area contributed by atoms with Gasteiger partial charge in [-0.05, 0) is 38.5 Å². The third-order valence-corrected chi connectivity index (χ3v) is 5.36. The minimum absolute atomic E-state index is 0.0559. The fourth-order valence-corrected chi connectivity index (χ4v) is 3.94. The minimum atomic E-state index is 0.0559. The van der Waals surface area contributed by atoms with E-state index in [0.29, 0.717) is 5.56 Å². The molecule has 1 aromatic carbocycles. The first kappa shape index (κ1) is 16.4. The van der Waals surface area contributed by atoms with E-state index >= 15 is 0 Å². The highest BCUT2D eigenvalue weighted by atomic mass is 32.1. The fourth-order valence-electron chi connectivity index (χ4n) is 2.89. The predicted octanol–water partition coefficient (Wildman–Crippen LogP) is 4.98. The number of carbonyl (C=O) groups is 1. The quantitative estimate of drug-likeness (QED) is 0.631. The summed E-state index contributed by atoms with van der Waals surface area (Å²) in [6, 6.07) is 8.63. The van der Waals surface area contributed by atoms with Crippen LogP contribution in [0.5, 0.6) is 0 Å². The first-order chi connectivity index (χ1) is 11.5. The van der Waals surface area contributed by atoms with Crippen LogP contribution >= 0.6 is 11.3 Å². The van der Waals surface area contributed by atoms with Crippen molar-refractivity contribution in [1.82, 2.24) is 9.55 Å². The standard InChI is InChI=1S/C19H19N3OS/c1-5-16-18(12(4)23)24-19(21-16)13-6-7-17-15(8-13)14(9-20)10-22(17)11(2)3/h6-8,10-11H,5H2,1-4H3. The van der Waals surface area contributed by atoms with Crippen LogP contribution in [-0.4, -0.2) is 15.3 Å². The number of aryl methyl sites for hydroxylation is 1. The fraction of sp³-hybridized carbons (Fsp3) is 0.316. The molecule has 24 heavy (non-hydrogen) atoms. The van der Waals surface area contributed by atoms with Gasteiger partial charge in [0.2, 0.25) is 0 Å². The summed E-state index contributed by atoms with van der Waals surface area (Å²) in [6.45, 7) is 7.78. The lowest BCUT2D eigenvalue weighted by Crippen LogP contribution is -1.97. The number of rotatable bonds is 4. The van der Waals surface area contributed by atoms with Gasteiger partial charge in [0.25, 0.3) is 0 Å². The van der Waals surface area contributed by atoms with Crippen LogP contribution in [0.25, 0.3) is 21.5 Å². The molecule has 0 atom stereocenters. The Balaban J connectivity index is 2.18. The van der Waals surface area contributed by atoms with Crippen molar-refractivity contribution in [3.8, 4) is 16.6 Å². The molecule has 0 aliphatic heterocycles. The summed E-state index contributed by atoms with van der Waals surface area (Å²) in [7, 11) is 0. The SMILES string of the molecule is CCc1nc(-c2ccc3c(c2)c(C#N)cn3C(C)C)sc1C(C)=O. The predicted molar refractivity (Wildman–Crippen MR) is 97.5 cm³/mol. The van der Waals surface area contributed by atoms with Gasteiger partial charge in [-0.15, -0.1) is 11.3 Å². The molecule has 0 radical (unpaired) electrons. The zero-order valence-corrected chi connectivity index (χ0v) is 15.1. The van der Waals surface area contributed by atoms with Crippen molar-refractivity contribution in [1.29, 1.82) is 5.26 Å². The molecule has 0 N–H and O–H groups in total. The Morgan fingerprint density at radius 2 is 2.17 bits per heavy atom. The number of hydrogen-bond donors (Lipinski definition) is 0. The van der Waals surface area contributed by atoms with E-state index in [1.807, 2.05) is 31.3 Å². The number of Topliss-reactive ketones (excluding diaryl/α,β-unsaturated/α-hetero) is 1. The lowest BCUT2D eigenvalue weighted by atomic mass is 10.1. The van der Waals surface area contributed by atoms with Gasteiger partial charge in [0.15, 0.2) is 5.78 Å². The van der Waals surface area contributed by atoms with Gasteiger partial charge in [-0.3, -0.25) is 4.79 Å². The highest BCUT2D eigenvalue weighted by Gasteiger charge is 2.17. The van der Waals surface area contributed by atoms with E-state index < -0.39 is 0 Å². The summed E-state index contributed by atoms with van der Waals surface area (Å²) in [4.78, 5) is 17.1. The Hall–Kier alpha value is -2.45. The molecule has 2 aromatic heterocycles. The molecule has 0 unspecified atom stereocenters. The lowest BCUT2D eigenvalue weighted by Gasteiger charge is -2.09. The molecule has 3 aromatic rings. The van der Waals surface area contributed by atoms with Gasteiger partial charge in [0.1, 0.15) is 11.1 Å². The number of nitrogens with zero attached hydrogens (tertiary/aromatic N) is 3. The van der Waals surface area contributed by atoms with Gasteiger partial charge in [-0.2, -0.15) is 5.26 Å². The molecule has 122 valence electrons. The van der Waals surface area contributed by atoms with Crippen LogP contribution in [0.2, 0.25) is 0 Å².